The van der Waals surface area contributed by atoms with Gasteiger partial charge in [0.2, 0.25) is 0 Å². The highest BCUT2D eigenvalue weighted by Crippen LogP contribution is 2.19. The zero-order valence-electron chi connectivity index (χ0n) is 12.4. The summed E-state index contributed by atoms with van der Waals surface area (Å²) in [6.07, 6.45) is -2.62. The molecule has 0 aliphatic carbocycles. The number of amides is 1. The molecule has 0 saturated carbocycles. The van der Waals surface area contributed by atoms with Crippen LogP contribution in [-0.2, 0) is 13.1 Å². The fourth-order valence-electron chi connectivity index (χ4n) is 1.84. The van der Waals surface area contributed by atoms with Crippen LogP contribution in [0.2, 0.25) is 0 Å². The monoisotopic (exact) mass is 327 g/mol. The highest BCUT2D eigenvalue weighted by Gasteiger charge is 2.28. The van der Waals surface area contributed by atoms with E-state index in [1.54, 1.807) is 16.9 Å². The number of carbonyl (C=O) groups excluding carboxylic acids is 1. The lowest BCUT2D eigenvalue weighted by atomic mass is 10.2. The van der Waals surface area contributed by atoms with Crippen LogP contribution in [0.25, 0.3) is 0 Å². The van der Waals surface area contributed by atoms with Crippen LogP contribution in [0.15, 0.2) is 36.5 Å². The van der Waals surface area contributed by atoms with Gasteiger partial charge in [-0.25, -0.2) is 0 Å². The van der Waals surface area contributed by atoms with E-state index in [2.05, 4.69) is 15.2 Å². The van der Waals surface area contributed by atoms with Gasteiger partial charge in [0.25, 0.3) is 5.91 Å². The molecule has 0 bridgehead atoms. The highest BCUT2D eigenvalue weighted by atomic mass is 19.4. The van der Waals surface area contributed by atoms with Crippen LogP contribution in [0.3, 0.4) is 0 Å². The Kier molecular flexibility index (Phi) is 5.25. The number of alkyl halides is 3. The van der Waals surface area contributed by atoms with Gasteiger partial charge in [0.15, 0.2) is 6.61 Å². The molecule has 0 fully saturated rings. The highest BCUT2D eigenvalue weighted by molar-refractivity contribution is 5.94. The summed E-state index contributed by atoms with van der Waals surface area (Å²) in [5.41, 5.74) is 0.921. The maximum absolute atomic E-state index is 12.1. The molecule has 5 nitrogen and oxygen atoms in total. The molecule has 0 aliphatic rings. The van der Waals surface area contributed by atoms with E-state index in [4.69, 9.17) is 0 Å². The number of nitrogens with zero attached hydrogens (tertiary/aromatic N) is 2. The third kappa shape index (κ3) is 5.32. The third-order valence-electron chi connectivity index (χ3n) is 2.95. The Morgan fingerprint density at radius 1 is 1.35 bits per heavy atom. The second-order valence-corrected chi connectivity index (χ2v) is 4.78. The lowest BCUT2D eigenvalue weighted by Crippen LogP contribution is -2.23. The number of aryl methyl sites for hydroxylation is 1. The SMILES string of the molecule is CCn1ccc(CNC(=O)c2cccc(OCC(F)(F)F)c2)n1. The van der Waals surface area contributed by atoms with Crippen molar-refractivity contribution in [3.05, 3.63) is 47.8 Å². The molecule has 0 radical (unpaired) electrons. The lowest BCUT2D eigenvalue weighted by molar-refractivity contribution is -0.153. The van der Waals surface area contributed by atoms with Crippen LogP contribution in [0, 0.1) is 0 Å². The minimum Gasteiger partial charge on any atom is -0.484 e. The fourth-order valence-corrected chi connectivity index (χ4v) is 1.84. The molecule has 23 heavy (non-hydrogen) atoms. The molecule has 124 valence electrons. The van der Waals surface area contributed by atoms with Crippen molar-refractivity contribution in [3.8, 4) is 5.75 Å². The summed E-state index contributed by atoms with van der Waals surface area (Å²) in [4.78, 5) is 12.0. The summed E-state index contributed by atoms with van der Waals surface area (Å²) in [6.45, 7) is 1.51. The Morgan fingerprint density at radius 2 is 2.13 bits per heavy atom. The van der Waals surface area contributed by atoms with Crippen LogP contribution in [0.4, 0.5) is 13.2 Å². The van der Waals surface area contributed by atoms with Crippen molar-refractivity contribution < 1.29 is 22.7 Å². The Labute approximate surface area is 131 Å². The molecule has 0 saturated heterocycles. The molecule has 1 aromatic heterocycles. The second kappa shape index (κ2) is 7.17. The summed E-state index contributed by atoms with van der Waals surface area (Å²) >= 11 is 0. The quantitative estimate of drug-likeness (QED) is 0.887. The summed E-state index contributed by atoms with van der Waals surface area (Å²) in [5, 5.41) is 6.88. The maximum atomic E-state index is 12.1. The summed E-state index contributed by atoms with van der Waals surface area (Å²) in [6, 6.07) is 7.39. The van der Waals surface area contributed by atoms with E-state index in [0.717, 1.165) is 6.54 Å². The summed E-state index contributed by atoms with van der Waals surface area (Å²) in [5.74, 6) is -0.418. The number of hydrogen-bond donors (Lipinski definition) is 1. The largest absolute Gasteiger partial charge is 0.484 e. The van der Waals surface area contributed by atoms with Crippen molar-refractivity contribution in [2.24, 2.45) is 0 Å². The van der Waals surface area contributed by atoms with E-state index in [0.29, 0.717) is 5.69 Å². The van der Waals surface area contributed by atoms with Gasteiger partial charge in [-0.3, -0.25) is 9.48 Å². The number of hydrogen-bond acceptors (Lipinski definition) is 3. The molecule has 2 aromatic rings. The molecule has 1 heterocycles. The zero-order chi connectivity index (χ0) is 16.9. The molecule has 0 unspecified atom stereocenters. The minimum atomic E-state index is -4.42. The average Bonchev–Trinajstić information content (AvgIpc) is 2.98. The summed E-state index contributed by atoms with van der Waals surface area (Å²) < 4.78 is 42.7. The van der Waals surface area contributed by atoms with E-state index in [-0.39, 0.29) is 17.9 Å². The van der Waals surface area contributed by atoms with Crippen molar-refractivity contribution >= 4 is 5.91 Å². The molecule has 8 heteroatoms. The molecule has 0 atom stereocenters. The molecule has 0 aliphatic heterocycles. The third-order valence-corrected chi connectivity index (χ3v) is 2.95. The Bertz CT molecular complexity index is 668. The topological polar surface area (TPSA) is 56.2 Å². The smallest absolute Gasteiger partial charge is 0.422 e. The van der Waals surface area contributed by atoms with Crippen molar-refractivity contribution in [2.75, 3.05) is 6.61 Å². The summed E-state index contributed by atoms with van der Waals surface area (Å²) in [7, 11) is 0. The number of benzene rings is 1. The number of aromatic nitrogens is 2. The number of halogens is 3. The van der Waals surface area contributed by atoms with Gasteiger partial charge >= 0.3 is 6.18 Å². The zero-order valence-corrected chi connectivity index (χ0v) is 12.4. The van der Waals surface area contributed by atoms with E-state index in [9.17, 15) is 18.0 Å². The van der Waals surface area contributed by atoms with Gasteiger partial charge in [-0.2, -0.15) is 18.3 Å². The number of rotatable bonds is 6. The predicted molar refractivity (Wildman–Crippen MR) is 77.1 cm³/mol. The first-order chi connectivity index (χ1) is 10.9. The van der Waals surface area contributed by atoms with Crippen LogP contribution >= 0.6 is 0 Å². The van der Waals surface area contributed by atoms with Gasteiger partial charge < -0.3 is 10.1 Å². The van der Waals surface area contributed by atoms with E-state index in [1.807, 2.05) is 6.92 Å². The van der Waals surface area contributed by atoms with Crippen LogP contribution in [-0.4, -0.2) is 28.5 Å². The van der Waals surface area contributed by atoms with Gasteiger partial charge in [-0.05, 0) is 31.2 Å². The van der Waals surface area contributed by atoms with Gasteiger partial charge in [0.1, 0.15) is 5.75 Å². The Hall–Kier alpha value is -2.51. The normalized spacial score (nSPS) is 11.3. The Morgan fingerprint density at radius 3 is 2.78 bits per heavy atom. The number of ether oxygens (including phenoxy) is 1. The van der Waals surface area contributed by atoms with E-state index < -0.39 is 18.7 Å². The fraction of sp³-hybridized carbons (Fsp3) is 0.333. The van der Waals surface area contributed by atoms with Crippen molar-refractivity contribution in [2.45, 2.75) is 26.2 Å². The predicted octanol–water partition coefficient (Wildman–Crippen LogP) is 2.77. The van der Waals surface area contributed by atoms with Gasteiger partial charge in [-0.1, -0.05) is 6.07 Å². The second-order valence-electron chi connectivity index (χ2n) is 4.78. The first-order valence-electron chi connectivity index (χ1n) is 6.97. The van der Waals surface area contributed by atoms with E-state index in [1.165, 1.54) is 24.3 Å². The standard InChI is InChI=1S/C15H16F3N3O2/c1-2-21-7-6-12(20-21)9-19-14(22)11-4-3-5-13(8-11)23-10-15(16,17)18/h3-8H,2,9-10H2,1H3,(H,19,22). The van der Waals surface area contributed by atoms with Crippen molar-refractivity contribution in [3.63, 3.8) is 0 Å². The van der Waals surface area contributed by atoms with E-state index >= 15 is 0 Å². The lowest BCUT2D eigenvalue weighted by Gasteiger charge is -2.10. The first-order valence-corrected chi connectivity index (χ1v) is 6.97. The van der Waals surface area contributed by atoms with Crippen molar-refractivity contribution in [1.82, 2.24) is 15.1 Å². The minimum absolute atomic E-state index is 0.00904. The molecule has 1 N–H and O–H groups in total. The van der Waals surface area contributed by atoms with Crippen LogP contribution in [0.5, 0.6) is 5.75 Å². The molecule has 1 amide bonds. The Balaban J connectivity index is 1.93. The molecule has 0 spiro atoms. The van der Waals surface area contributed by atoms with Gasteiger partial charge in [-0.15, -0.1) is 0 Å². The molecular weight excluding hydrogens is 311 g/mol. The number of carbonyl (C=O) groups is 1. The average molecular weight is 327 g/mol. The van der Waals surface area contributed by atoms with Crippen LogP contribution < -0.4 is 10.1 Å². The molecule has 1 aromatic carbocycles. The van der Waals surface area contributed by atoms with Gasteiger partial charge in [0.05, 0.1) is 12.2 Å². The first kappa shape index (κ1) is 16.9. The molecule has 2 rings (SSSR count). The van der Waals surface area contributed by atoms with Gasteiger partial charge in [0, 0.05) is 18.3 Å². The molecular formula is C15H16F3N3O2. The maximum Gasteiger partial charge on any atom is 0.422 e. The number of nitrogens with one attached hydrogen (secondary N) is 1. The van der Waals surface area contributed by atoms with Crippen LogP contribution in [0.1, 0.15) is 23.0 Å². The van der Waals surface area contributed by atoms with Crippen molar-refractivity contribution in [1.29, 1.82) is 0 Å².